The van der Waals surface area contributed by atoms with Crippen LogP contribution in [0.1, 0.15) is 39.0 Å². The summed E-state index contributed by atoms with van der Waals surface area (Å²) in [6.45, 7) is 2.01. The molecule has 0 amide bonds. The van der Waals surface area contributed by atoms with Crippen LogP contribution < -0.4 is 0 Å². The van der Waals surface area contributed by atoms with Gasteiger partial charge < -0.3 is 0 Å². The van der Waals surface area contributed by atoms with Crippen molar-refractivity contribution in [2.24, 2.45) is 5.92 Å². The molecule has 0 heterocycles. The summed E-state index contributed by atoms with van der Waals surface area (Å²) in [7, 11) is 0. The lowest BCUT2D eigenvalue weighted by Crippen LogP contribution is -2.10. The molecule has 0 spiro atoms. The summed E-state index contributed by atoms with van der Waals surface area (Å²) in [6, 6.07) is 0. The summed E-state index contributed by atoms with van der Waals surface area (Å²) in [4.78, 5) is 11.3. The highest BCUT2D eigenvalue weighted by molar-refractivity contribution is 5.96. The molecule has 1 saturated carbocycles. The van der Waals surface area contributed by atoms with Crippen molar-refractivity contribution in [1.82, 2.24) is 0 Å². The molecule has 0 bridgehead atoms. The average molecular weight is 150 g/mol. The van der Waals surface area contributed by atoms with Crippen LogP contribution in [0.3, 0.4) is 0 Å². The van der Waals surface area contributed by atoms with Crippen molar-refractivity contribution in [2.45, 2.75) is 39.0 Å². The Labute approximate surface area is 67.5 Å². The Morgan fingerprint density at radius 3 is 2.64 bits per heavy atom. The second kappa shape index (κ2) is 2.47. The van der Waals surface area contributed by atoms with E-state index in [2.05, 4.69) is 0 Å². The number of Topliss-reactive ketones (excluding diaryl/α,β-unsaturated/α-hetero) is 1. The highest BCUT2D eigenvalue weighted by Crippen LogP contribution is 2.42. The Morgan fingerprint density at radius 2 is 2.00 bits per heavy atom. The van der Waals surface area contributed by atoms with Gasteiger partial charge in [-0.2, -0.15) is 0 Å². The van der Waals surface area contributed by atoms with E-state index in [1.807, 2.05) is 6.92 Å². The van der Waals surface area contributed by atoms with Crippen LogP contribution in [0.25, 0.3) is 0 Å². The van der Waals surface area contributed by atoms with Gasteiger partial charge in [0.1, 0.15) is 0 Å². The molecule has 0 aliphatic heterocycles. The molecule has 2 aliphatic rings. The van der Waals surface area contributed by atoms with Gasteiger partial charge in [0.2, 0.25) is 0 Å². The van der Waals surface area contributed by atoms with Gasteiger partial charge in [-0.3, -0.25) is 4.79 Å². The second-order valence-corrected chi connectivity index (χ2v) is 3.70. The second-order valence-electron chi connectivity index (χ2n) is 3.70. The van der Waals surface area contributed by atoms with E-state index in [0.717, 1.165) is 24.3 Å². The number of rotatable bonds is 1. The number of allylic oxidation sites excluding steroid dienone is 2. The van der Waals surface area contributed by atoms with Crippen LogP contribution in [-0.4, -0.2) is 5.78 Å². The first-order chi connectivity index (χ1) is 5.29. The first-order valence-electron chi connectivity index (χ1n) is 4.52. The van der Waals surface area contributed by atoms with Crippen LogP contribution in [0.5, 0.6) is 0 Å². The minimum atomic E-state index is 0.401. The van der Waals surface area contributed by atoms with Crippen molar-refractivity contribution in [1.29, 1.82) is 0 Å². The summed E-state index contributed by atoms with van der Waals surface area (Å²) in [5.74, 6) is 1.21. The van der Waals surface area contributed by atoms with Gasteiger partial charge >= 0.3 is 0 Å². The zero-order valence-corrected chi connectivity index (χ0v) is 7.02. The van der Waals surface area contributed by atoms with Gasteiger partial charge in [-0.1, -0.05) is 5.57 Å². The van der Waals surface area contributed by atoms with Crippen molar-refractivity contribution in [3.8, 4) is 0 Å². The third-order valence-electron chi connectivity index (χ3n) is 2.82. The van der Waals surface area contributed by atoms with Gasteiger partial charge in [-0.05, 0) is 44.1 Å². The zero-order chi connectivity index (χ0) is 7.84. The van der Waals surface area contributed by atoms with Crippen LogP contribution in [0.4, 0.5) is 0 Å². The quantitative estimate of drug-likeness (QED) is 0.561. The lowest BCUT2D eigenvalue weighted by Gasteiger charge is -2.15. The summed E-state index contributed by atoms with van der Waals surface area (Å²) in [5.41, 5.74) is 2.58. The fourth-order valence-electron chi connectivity index (χ4n) is 1.94. The third-order valence-corrected chi connectivity index (χ3v) is 2.82. The van der Waals surface area contributed by atoms with Gasteiger partial charge in [-0.15, -0.1) is 0 Å². The highest BCUT2D eigenvalue weighted by Gasteiger charge is 2.30. The standard InChI is InChI=1S/C10H14O/c1-7-9(8-5-6-8)3-2-4-10(7)11/h8H,2-6H2,1H3. The van der Waals surface area contributed by atoms with Crippen LogP contribution in [-0.2, 0) is 4.79 Å². The molecule has 0 aromatic carbocycles. The molecule has 2 rings (SSSR count). The van der Waals surface area contributed by atoms with Gasteiger partial charge in [0.25, 0.3) is 0 Å². The van der Waals surface area contributed by atoms with Crippen molar-refractivity contribution in [3.05, 3.63) is 11.1 Å². The molecule has 0 aromatic rings. The van der Waals surface area contributed by atoms with E-state index in [1.165, 1.54) is 24.8 Å². The molecule has 1 nitrogen and oxygen atoms in total. The SMILES string of the molecule is CC1=C(C2CC2)CCCC1=O. The van der Waals surface area contributed by atoms with Gasteiger partial charge in [0, 0.05) is 6.42 Å². The summed E-state index contributed by atoms with van der Waals surface area (Å²) in [5, 5.41) is 0. The Balaban J connectivity index is 2.24. The molecule has 2 aliphatic carbocycles. The topological polar surface area (TPSA) is 17.1 Å². The fraction of sp³-hybridized carbons (Fsp3) is 0.700. The lowest BCUT2D eigenvalue weighted by atomic mass is 9.89. The monoisotopic (exact) mass is 150 g/mol. The van der Waals surface area contributed by atoms with Crippen molar-refractivity contribution in [3.63, 3.8) is 0 Å². The Bertz CT molecular complexity index is 221. The van der Waals surface area contributed by atoms with E-state index in [9.17, 15) is 4.79 Å². The maximum Gasteiger partial charge on any atom is 0.158 e. The maximum absolute atomic E-state index is 11.3. The molecule has 0 radical (unpaired) electrons. The van der Waals surface area contributed by atoms with E-state index in [4.69, 9.17) is 0 Å². The third kappa shape index (κ3) is 1.24. The zero-order valence-electron chi connectivity index (χ0n) is 7.02. The Hall–Kier alpha value is -0.590. The van der Waals surface area contributed by atoms with Crippen molar-refractivity contribution >= 4 is 5.78 Å². The predicted octanol–water partition coefficient (Wildman–Crippen LogP) is 2.47. The highest BCUT2D eigenvalue weighted by atomic mass is 16.1. The van der Waals surface area contributed by atoms with Gasteiger partial charge in [0.15, 0.2) is 5.78 Å². The molecular formula is C10H14O. The molecule has 0 atom stereocenters. The van der Waals surface area contributed by atoms with E-state index >= 15 is 0 Å². The Kier molecular flexibility index (Phi) is 1.59. The van der Waals surface area contributed by atoms with E-state index in [-0.39, 0.29) is 0 Å². The van der Waals surface area contributed by atoms with Crippen LogP contribution in [0.15, 0.2) is 11.1 Å². The number of ketones is 1. The first kappa shape index (κ1) is 7.08. The van der Waals surface area contributed by atoms with Gasteiger partial charge in [-0.25, -0.2) is 0 Å². The molecule has 0 N–H and O–H groups in total. The fourth-order valence-corrected chi connectivity index (χ4v) is 1.94. The number of carbonyl (C=O) groups excluding carboxylic acids is 1. The van der Waals surface area contributed by atoms with E-state index in [0.29, 0.717) is 5.78 Å². The minimum Gasteiger partial charge on any atom is -0.295 e. The lowest BCUT2D eigenvalue weighted by molar-refractivity contribution is -0.116. The molecule has 1 heteroatoms. The van der Waals surface area contributed by atoms with Gasteiger partial charge in [0.05, 0.1) is 0 Å². The van der Waals surface area contributed by atoms with Crippen molar-refractivity contribution in [2.75, 3.05) is 0 Å². The molecule has 0 saturated heterocycles. The number of carbonyl (C=O) groups is 1. The molecule has 1 fully saturated rings. The Morgan fingerprint density at radius 1 is 1.27 bits per heavy atom. The van der Waals surface area contributed by atoms with Crippen molar-refractivity contribution < 1.29 is 4.79 Å². The minimum absolute atomic E-state index is 0.401. The summed E-state index contributed by atoms with van der Waals surface area (Å²) in [6.07, 6.45) is 5.76. The van der Waals surface area contributed by atoms with Crippen LogP contribution in [0, 0.1) is 5.92 Å². The predicted molar refractivity (Wildman–Crippen MR) is 44.3 cm³/mol. The molecule has 0 unspecified atom stereocenters. The number of hydrogen-bond donors (Lipinski definition) is 0. The molecule has 0 aromatic heterocycles. The summed E-state index contributed by atoms with van der Waals surface area (Å²) < 4.78 is 0. The molecule has 11 heavy (non-hydrogen) atoms. The first-order valence-corrected chi connectivity index (χ1v) is 4.52. The van der Waals surface area contributed by atoms with Crippen LogP contribution in [0.2, 0.25) is 0 Å². The van der Waals surface area contributed by atoms with E-state index in [1.54, 1.807) is 0 Å². The smallest absolute Gasteiger partial charge is 0.158 e. The van der Waals surface area contributed by atoms with Crippen LogP contribution >= 0.6 is 0 Å². The largest absolute Gasteiger partial charge is 0.295 e. The molecule has 60 valence electrons. The molecular weight excluding hydrogens is 136 g/mol. The average Bonchev–Trinajstić information content (AvgIpc) is 2.77. The normalized spacial score (nSPS) is 26.1. The maximum atomic E-state index is 11.3. The number of hydrogen-bond acceptors (Lipinski definition) is 1. The van der Waals surface area contributed by atoms with E-state index < -0.39 is 0 Å². The summed E-state index contributed by atoms with van der Waals surface area (Å²) >= 11 is 0.